The van der Waals surface area contributed by atoms with Gasteiger partial charge < -0.3 is 20.2 Å². The van der Waals surface area contributed by atoms with Crippen molar-refractivity contribution in [2.75, 3.05) is 7.11 Å². The number of aryl methyl sites for hydroxylation is 1. The molecule has 4 N–H and O–H groups in total. The Labute approximate surface area is 147 Å². The maximum atomic E-state index is 12.8. The van der Waals surface area contributed by atoms with Crippen LogP contribution in [0.5, 0.6) is 11.6 Å². The van der Waals surface area contributed by atoms with Crippen molar-refractivity contribution in [3.8, 4) is 17.7 Å². The van der Waals surface area contributed by atoms with E-state index in [9.17, 15) is 10.1 Å². The lowest BCUT2D eigenvalue weighted by atomic mass is 9.84. The fourth-order valence-electron chi connectivity index (χ4n) is 3.25. The van der Waals surface area contributed by atoms with Crippen LogP contribution in [0.3, 0.4) is 0 Å². The number of nitriles is 1. The van der Waals surface area contributed by atoms with Crippen LogP contribution in [0.2, 0.25) is 0 Å². The lowest BCUT2D eigenvalue weighted by Gasteiger charge is -2.23. The molecule has 1 aliphatic heterocycles. The standard InChI is InChI=1S/C18H15N5O3/c1-8-14-15(12(7-19)16(20)26-18(14)23-22-8)11-6-9-5-10(25-2)3-4-13(9)21-17(11)24/h3-6,15H,20H2,1-2H3,(H,21,24)(H,22,23)/t15-/m1/s1. The number of aromatic amines is 2. The Kier molecular flexibility index (Phi) is 3.44. The van der Waals surface area contributed by atoms with Crippen LogP contribution in [0.4, 0.5) is 0 Å². The van der Waals surface area contributed by atoms with E-state index in [0.29, 0.717) is 28.1 Å². The maximum absolute atomic E-state index is 12.8. The molecule has 0 aliphatic carbocycles. The smallest absolute Gasteiger partial charge is 0.252 e. The first kappa shape index (κ1) is 15.8. The maximum Gasteiger partial charge on any atom is 0.252 e. The van der Waals surface area contributed by atoms with Crippen LogP contribution in [0.25, 0.3) is 10.9 Å². The number of allylic oxidation sites excluding steroid dienone is 1. The number of H-pyrrole nitrogens is 2. The van der Waals surface area contributed by atoms with Gasteiger partial charge in [-0.1, -0.05) is 0 Å². The van der Waals surface area contributed by atoms with Crippen LogP contribution in [0, 0.1) is 18.3 Å². The Hall–Kier alpha value is -3.73. The van der Waals surface area contributed by atoms with Gasteiger partial charge in [-0.15, -0.1) is 5.10 Å². The van der Waals surface area contributed by atoms with Crippen LogP contribution in [0.15, 0.2) is 40.5 Å². The predicted octanol–water partition coefficient (Wildman–Crippen LogP) is 1.79. The van der Waals surface area contributed by atoms with E-state index in [0.717, 1.165) is 5.39 Å². The summed E-state index contributed by atoms with van der Waals surface area (Å²) in [6.07, 6.45) is 0. The minimum absolute atomic E-state index is 0.0540. The normalized spacial score (nSPS) is 16.1. The minimum Gasteiger partial charge on any atom is -0.497 e. The molecular formula is C18H15N5O3. The molecule has 1 aliphatic rings. The molecule has 0 fully saturated rings. The van der Waals surface area contributed by atoms with Crippen molar-refractivity contribution in [2.24, 2.45) is 5.73 Å². The molecule has 130 valence electrons. The van der Waals surface area contributed by atoms with E-state index >= 15 is 0 Å². The van der Waals surface area contributed by atoms with Gasteiger partial charge in [0.2, 0.25) is 11.8 Å². The number of nitrogens with zero attached hydrogens (tertiary/aromatic N) is 2. The number of pyridine rings is 1. The van der Waals surface area contributed by atoms with E-state index < -0.39 is 5.92 Å². The van der Waals surface area contributed by atoms with Crippen molar-refractivity contribution in [1.82, 2.24) is 15.2 Å². The first-order valence-electron chi connectivity index (χ1n) is 7.87. The van der Waals surface area contributed by atoms with Gasteiger partial charge in [0.05, 0.1) is 13.0 Å². The zero-order chi connectivity index (χ0) is 18.4. The van der Waals surface area contributed by atoms with Crippen LogP contribution < -0.4 is 20.8 Å². The van der Waals surface area contributed by atoms with Crippen molar-refractivity contribution >= 4 is 10.9 Å². The van der Waals surface area contributed by atoms with E-state index in [-0.39, 0.29) is 22.9 Å². The number of ether oxygens (including phenoxy) is 2. The molecule has 3 aromatic rings. The predicted molar refractivity (Wildman–Crippen MR) is 93.7 cm³/mol. The Morgan fingerprint density at radius 2 is 2.19 bits per heavy atom. The van der Waals surface area contributed by atoms with Crippen LogP contribution >= 0.6 is 0 Å². The molecule has 0 bridgehead atoms. The summed E-state index contributed by atoms with van der Waals surface area (Å²) < 4.78 is 10.7. The van der Waals surface area contributed by atoms with Crippen molar-refractivity contribution in [2.45, 2.75) is 12.8 Å². The number of rotatable bonds is 2. The van der Waals surface area contributed by atoms with Gasteiger partial charge in [-0.05, 0) is 31.2 Å². The molecule has 0 amide bonds. The van der Waals surface area contributed by atoms with Gasteiger partial charge in [-0.3, -0.25) is 9.89 Å². The molecule has 0 spiro atoms. The highest BCUT2D eigenvalue weighted by Crippen LogP contribution is 2.41. The van der Waals surface area contributed by atoms with E-state index in [1.165, 1.54) is 0 Å². The van der Waals surface area contributed by atoms with E-state index in [4.69, 9.17) is 15.2 Å². The first-order valence-corrected chi connectivity index (χ1v) is 7.87. The SMILES string of the molecule is COc1ccc2[nH]c(=O)c([C@@H]3C(C#N)=C(N)Oc4n[nH]c(C)c43)cc2c1. The fraction of sp³-hybridized carbons (Fsp3) is 0.167. The molecule has 26 heavy (non-hydrogen) atoms. The fourth-order valence-corrected chi connectivity index (χ4v) is 3.25. The quantitative estimate of drug-likeness (QED) is 0.646. The van der Waals surface area contributed by atoms with Gasteiger partial charge >= 0.3 is 0 Å². The Balaban J connectivity index is 2.01. The number of hydrogen-bond acceptors (Lipinski definition) is 6. The average Bonchev–Trinajstić information content (AvgIpc) is 3.00. The summed E-state index contributed by atoms with van der Waals surface area (Å²) in [5.74, 6) is 0.218. The highest BCUT2D eigenvalue weighted by molar-refractivity contribution is 5.81. The van der Waals surface area contributed by atoms with Crippen molar-refractivity contribution in [1.29, 1.82) is 5.26 Å². The van der Waals surface area contributed by atoms with Crippen LogP contribution in [0.1, 0.15) is 22.7 Å². The van der Waals surface area contributed by atoms with E-state index in [1.54, 1.807) is 32.2 Å². The van der Waals surface area contributed by atoms with Crippen molar-refractivity contribution < 1.29 is 9.47 Å². The van der Waals surface area contributed by atoms with Crippen LogP contribution in [-0.4, -0.2) is 22.3 Å². The van der Waals surface area contributed by atoms with Gasteiger partial charge in [0.1, 0.15) is 17.4 Å². The summed E-state index contributed by atoms with van der Waals surface area (Å²) >= 11 is 0. The second kappa shape index (κ2) is 5.67. The largest absolute Gasteiger partial charge is 0.497 e. The molecule has 0 radical (unpaired) electrons. The molecular weight excluding hydrogens is 334 g/mol. The summed E-state index contributed by atoms with van der Waals surface area (Å²) in [5.41, 5.74) is 8.16. The molecule has 1 aromatic carbocycles. The third kappa shape index (κ3) is 2.22. The number of fused-ring (bicyclic) bond motifs is 2. The molecule has 8 heteroatoms. The van der Waals surface area contributed by atoms with Gasteiger partial charge in [0.25, 0.3) is 5.56 Å². The number of nitrogens with two attached hydrogens (primary N) is 1. The second-order valence-corrected chi connectivity index (χ2v) is 6.00. The third-order valence-electron chi connectivity index (χ3n) is 4.52. The summed E-state index contributed by atoms with van der Waals surface area (Å²) in [5, 5.41) is 17.3. The zero-order valence-corrected chi connectivity index (χ0v) is 14.1. The lowest BCUT2D eigenvalue weighted by Crippen LogP contribution is -2.25. The van der Waals surface area contributed by atoms with E-state index in [2.05, 4.69) is 21.3 Å². The van der Waals surface area contributed by atoms with E-state index in [1.807, 2.05) is 6.07 Å². The zero-order valence-electron chi connectivity index (χ0n) is 14.1. The topological polar surface area (TPSA) is 130 Å². The molecule has 1 atom stereocenters. The minimum atomic E-state index is -0.665. The second-order valence-electron chi connectivity index (χ2n) is 6.00. The number of hydrogen-bond donors (Lipinski definition) is 3. The van der Waals surface area contributed by atoms with Gasteiger partial charge in [0, 0.05) is 27.7 Å². The molecule has 2 aromatic heterocycles. The summed E-state index contributed by atoms with van der Waals surface area (Å²) in [6.45, 7) is 1.80. The number of nitrogens with one attached hydrogen (secondary N) is 2. The summed E-state index contributed by atoms with van der Waals surface area (Å²) in [4.78, 5) is 15.6. The van der Waals surface area contributed by atoms with Gasteiger partial charge in [-0.25, -0.2) is 0 Å². The van der Waals surface area contributed by atoms with Crippen LogP contribution in [-0.2, 0) is 0 Å². The number of methoxy groups -OCH3 is 1. The van der Waals surface area contributed by atoms with Crippen molar-refractivity contribution in [3.63, 3.8) is 0 Å². The first-order chi connectivity index (χ1) is 12.5. The van der Waals surface area contributed by atoms with Gasteiger partial charge in [0.15, 0.2) is 0 Å². The average molecular weight is 349 g/mol. The Morgan fingerprint density at radius 3 is 2.92 bits per heavy atom. The molecule has 4 rings (SSSR count). The monoisotopic (exact) mass is 349 g/mol. The number of aromatic nitrogens is 3. The highest BCUT2D eigenvalue weighted by atomic mass is 16.5. The van der Waals surface area contributed by atoms with Crippen molar-refractivity contribution in [3.05, 3.63) is 62.9 Å². The summed E-state index contributed by atoms with van der Waals surface area (Å²) in [6, 6.07) is 9.17. The third-order valence-corrected chi connectivity index (χ3v) is 4.52. The molecule has 0 saturated carbocycles. The molecule has 0 saturated heterocycles. The summed E-state index contributed by atoms with van der Waals surface area (Å²) in [7, 11) is 1.57. The molecule has 8 nitrogen and oxygen atoms in total. The number of benzene rings is 1. The molecule has 0 unspecified atom stereocenters. The Bertz CT molecular complexity index is 1170. The highest BCUT2D eigenvalue weighted by Gasteiger charge is 2.35. The van der Waals surface area contributed by atoms with Gasteiger partial charge in [-0.2, -0.15) is 5.26 Å². The Morgan fingerprint density at radius 1 is 1.38 bits per heavy atom. The molecule has 3 heterocycles. The lowest BCUT2D eigenvalue weighted by molar-refractivity contribution is 0.378.